The van der Waals surface area contributed by atoms with Crippen LogP contribution in [0.15, 0.2) is 29.3 Å². The van der Waals surface area contributed by atoms with E-state index in [1.165, 1.54) is 0 Å². The van der Waals surface area contributed by atoms with Crippen molar-refractivity contribution in [1.29, 1.82) is 0 Å². The standard InChI is InChI=1S/C9H7NO2/c1-10-8-6-4-2-3-5-7(6)9(11)12-8/h2-5H,1H3. The third-order valence-corrected chi connectivity index (χ3v) is 1.77. The van der Waals surface area contributed by atoms with Crippen LogP contribution in [-0.4, -0.2) is 18.9 Å². The predicted octanol–water partition coefficient (Wildman–Crippen LogP) is 1.23. The minimum atomic E-state index is -0.314. The zero-order valence-electron chi connectivity index (χ0n) is 6.57. The van der Waals surface area contributed by atoms with Crippen molar-refractivity contribution >= 4 is 11.9 Å². The molecule has 0 bridgehead atoms. The number of rotatable bonds is 0. The Morgan fingerprint density at radius 2 is 1.92 bits per heavy atom. The first-order valence-electron chi connectivity index (χ1n) is 3.61. The smallest absolute Gasteiger partial charge is 0.345 e. The summed E-state index contributed by atoms with van der Waals surface area (Å²) in [5.41, 5.74) is 1.38. The Kier molecular flexibility index (Phi) is 1.43. The van der Waals surface area contributed by atoms with Crippen LogP contribution in [0, 0.1) is 0 Å². The van der Waals surface area contributed by atoms with E-state index in [-0.39, 0.29) is 5.97 Å². The zero-order chi connectivity index (χ0) is 8.55. The van der Waals surface area contributed by atoms with E-state index >= 15 is 0 Å². The molecule has 1 aromatic rings. The van der Waals surface area contributed by atoms with Gasteiger partial charge >= 0.3 is 5.97 Å². The van der Waals surface area contributed by atoms with Gasteiger partial charge in [0.25, 0.3) is 0 Å². The fourth-order valence-corrected chi connectivity index (χ4v) is 1.21. The first-order valence-corrected chi connectivity index (χ1v) is 3.61. The molecule has 0 unspecified atom stereocenters. The average molecular weight is 161 g/mol. The molecule has 3 nitrogen and oxygen atoms in total. The van der Waals surface area contributed by atoms with Crippen LogP contribution in [0.2, 0.25) is 0 Å². The molecule has 0 radical (unpaired) electrons. The minimum absolute atomic E-state index is 0.314. The number of ether oxygens (including phenoxy) is 1. The van der Waals surface area contributed by atoms with Gasteiger partial charge in [-0.1, -0.05) is 12.1 Å². The summed E-state index contributed by atoms with van der Waals surface area (Å²) >= 11 is 0. The van der Waals surface area contributed by atoms with Crippen molar-refractivity contribution in [3.05, 3.63) is 35.4 Å². The van der Waals surface area contributed by atoms with E-state index in [2.05, 4.69) is 4.99 Å². The lowest BCUT2D eigenvalue weighted by atomic mass is 10.1. The Morgan fingerprint density at radius 1 is 1.25 bits per heavy atom. The highest BCUT2D eigenvalue weighted by Gasteiger charge is 2.26. The van der Waals surface area contributed by atoms with Crippen LogP contribution >= 0.6 is 0 Å². The lowest BCUT2D eigenvalue weighted by molar-refractivity contribution is 0.0737. The number of carbonyl (C=O) groups is 1. The summed E-state index contributed by atoms with van der Waals surface area (Å²) in [6, 6.07) is 7.21. The highest BCUT2D eigenvalue weighted by atomic mass is 16.5. The van der Waals surface area contributed by atoms with Crippen molar-refractivity contribution in [3.63, 3.8) is 0 Å². The van der Waals surface area contributed by atoms with Gasteiger partial charge in [0.15, 0.2) is 0 Å². The first-order chi connectivity index (χ1) is 5.83. The minimum Gasteiger partial charge on any atom is -0.404 e. The Balaban J connectivity index is 2.65. The van der Waals surface area contributed by atoms with E-state index in [0.29, 0.717) is 11.5 Å². The Morgan fingerprint density at radius 3 is 2.58 bits per heavy atom. The molecule has 60 valence electrons. The molecular formula is C9H7NO2. The van der Waals surface area contributed by atoms with Crippen molar-refractivity contribution in [2.75, 3.05) is 7.05 Å². The number of carbonyl (C=O) groups excluding carboxylic acids is 1. The lowest BCUT2D eigenvalue weighted by Gasteiger charge is -1.91. The maximum atomic E-state index is 11.1. The normalized spacial score (nSPS) is 17.8. The molecule has 3 heteroatoms. The maximum Gasteiger partial charge on any atom is 0.345 e. The van der Waals surface area contributed by atoms with Crippen molar-refractivity contribution in [2.24, 2.45) is 4.99 Å². The van der Waals surface area contributed by atoms with Crippen molar-refractivity contribution in [2.45, 2.75) is 0 Å². The monoisotopic (exact) mass is 161 g/mol. The summed E-state index contributed by atoms with van der Waals surface area (Å²) in [5.74, 6) is 0.0989. The fraction of sp³-hybridized carbons (Fsp3) is 0.111. The van der Waals surface area contributed by atoms with E-state index in [4.69, 9.17) is 4.74 Å². The third kappa shape index (κ3) is 0.830. The van der Waals surface area contributed by atoms with E-state index < -0.39 is 0 Å². The topological polar surface area (TPSA) is 38.7 Å². The average Bonchev–Trinajstić information content (AvgIpc) is 2.44. The second-order valence-corrected chi connectivity index (χ2v) is 2.46. The van der Waals surface area contributed by atoms with Crippen LogP contribution in [0.5, 0.6) is 0 Å². The summed E-state index contributed by atoms with van der Waals surface area (Å²) in [6.45, 7) is 0. The second kappa shape index (κ2) is 2.44. The number of hydrogen-bond donors (Lipinski definition) is 0. The molecule has 12 heavy (non-hydrogen) atoms. The Bertz CT molecular complexity index is 369. The highest BCUT2D eigenvalue weighted by molar-refractivity contribution is 6.16. The van der Waals surface area contributed by atoms with Gasteiger partial charge in [0.05, 0.1) is 11.1 Å². The first kappa shape index (κ1) is 7.03. The summed E-state index contributed by atoms with van der Waals surface area (Å²) in [7, 11) is 1.60. The van der Waals surface area contributed by atoms with Crippen LogP contribution < -0.4 is 0 Å². The van der Waals surface area contributed by atoms with Crippen LogP contribution in [0.3, 0.4) is 0 Å². The number of hydrogen-bond acceptors (Lipinski definition) is 3. The second-order valence-electron chi connectivity index (χ2n) is 2.46. The largest absolute Gasteiger partial charge is 0.404 e. The summed E-state index contributed by atoms with van der Waals surface area (Å²) in [5, 5.41) is 0. The van der Waals surface area contributed by atoms with Gasteiger partial charge < -0.3 is 4.74 Å². The summed E-state index contributed by atoms with van der Waals surface area (Å²) < 4.78 is 4.89. The number of benzene rings is 1. The fourth-order valence-electron chi connectivity index (χ4n) is 1.21. The summed E-state index contributed by atoms with van der Waals surface area (Å²) in [6.07, 6.45) is 0. The molecule has 0 spiro atoms. The molecule has 1 aliphatic heterocycles. The van der Waals surface area contributed by atoms with Gasteiger partial charge in [-0.15, -0.1) is 0 Å². The molecule has 0 saturated heterocycles. The predicted molar refractivity (Wildman–Crippen MR) is 44.3 cm³/mol. The number of fused-ring (bicyclic) bond motifs is 1. The number of nitrogens with zero attached hydrogens (tertiary/aromatic N) is 1. The molecule has 2 rings (SSSR count). The molecule has 0 atom stereocenters. The summed E-state index contributed by atoms with van der Waals surface area (Å²) in [4.78, 5) is 15.0. The van der Waals surface area contributed by atoms with Crippen LogP contribution in [-0.2, 0) is 4.74 Å². The SMILES string of the molecule is CN=C1OC(=O)c2ccccc21. The van der Waals surface area contributed by atoms with E-state index in [9.17, 15) is 4.79 Å². The molecule has 1 aromatic carbocycles. The van der Waals surface area contributed by atoms with Gasteiger partial charge in [0.2, 0.25) is 5.90 Å². The van der Waals surface area contributed by atoms with Crippen LogP contribution in [0.4, 0.5) is 0 Å². The molecule has 0 fully saturated rings. The van der Waals surface area contributed by atoms with Crippen LogP contribution in [0.25, 0.3) is 0 Å². The highest BCUT2D eigenvalue weighted by Crippen LogP contribution is 2.19. The van der Waals surface area contributed by atoms with E-state index in [0.717, 1.165) is 5.56 Å². The molecule has 0 N–H and O–H groups in total. The molecule has 1 heterocycles. The molecule has 0 aromatic heterocycles. The van der Waals surface area contributed by atoms with Crippen molar-refractivity contribution in [1.82, 2.24) is 0 Å². The van der Waals surface area contributed by atoms with Crippen molar-refractivity contribution in [3.8, 4) is 0 Å². The lowest BCUT2D eigenvalue weighted by Crippen LogP contribution is -1.98. The van der Waals surface area contributed by atoms with Gasteiger partial charge in [-0.3, -0.25) is 4.99 Å². The Hall–Kier alpha value is -1.64. The molecular weight excluding hydrogens is 154 g/mol. The number of esters is 1. The maximum absolute atomic E-state index is 11.1. The van der Waals surface area contributed by atoms with E-state index in [1.807, 2.05) is 12.1 Å². The van der Waals surface area contributed by atoms with Crippen LogP contribution in [0.1, 0.15) is 15.9 Å². The number of aliphatic imine (C=N–C) groups is 1. The quantitative estimate of drug-likeness (QED) is 0.537. The van der Waals surface area contributed by atoms with Gasteiger partial charge in [0.1, 0.15) is 0 Å². The molecule has 0 saturated carbocycles. The zero-order valence-corrected chi connectivity index (χ0v) is 6.57. The van der Waals surface area contributed by atoms with Gasteiger partial charge in [-0.2, -0.15) is 0 Å². The molecule has 0 aliphatic carbocycles. The molecule has 1 aliphatic rings. The van der Waals surface area contributed by atoms with E-state index in [1.54, 1.807) is 19.2 Å². The molecule has 0 amide bonds. The van der Waals surface area contributed by atoms with Gasteiger partial charge in [0, 0.05) is 7.05 Å². The third-order valence-electron chi connectivity index (χ3n) is 1.77. The van der Waals surface area contributed by atoms with Gasteiger partial charge in [-0.05, 0) is 12.1 Å². The van der Waals surface area contributed by atoms with Gasteiger partial charge in [-0.25, -0.2) is 4.79 Å². The van der Waals surface area contributed by atoms with Crippen molar-refractivity contribution < 1.29 is 9.53 Å². The number of cyclic esters (lactones) is 1. The Labute approximate surface area is 69.7 Å².